The van der Waals surface area contributed by atoms with Gasteiger partial charge in [0.2, 0.25) is 0 Å². The van der Waals surface area contributed by atoms with Gasteiger partial charge in [-0.1, -0.05) is 0 Å². The van der Waals surface area contributed by atoms with Crippen molar-refractivity contribution in [1.29, 1.82) is 0 Å². The number of nitrogens with one attached hydrogen (secondary N) is 1. The Bertz CT molecular complexity index is 181. The first-order valence-electron chi connectivity index (χ1n) is 2.60. The maximum absolute atomic E-state index is 10.8. The van der Waals surface area contributed by atoms with Crippen LogP contribution in [-0.4, -0.2) is 28.6 Å². The number of imide groups is 1. The van der Waals surface area contributed by atoms with Crippen LogP contribution in [0.2, 0.25) is 0 Å². The van der Waals surface area contributed by atoms with Crippen molar-refractivity contribution in [2.24, 2.45) is 5.84 Å². The number of likely N-dealkylation sites (N-methyl/N-ethyl adjacent to an activating group) is 1. The van der Waals surface area contributed by atoms with Crippen LogP contribution in [0.25, 0.3) is 0 Å². The second kappa shape index (κ2) is 2.57. The lowest BCUT2D eigenvalue weighted by Crippen LogP contribution is -2.41. The first-order valence-corrected chi connectivity index (χ1v) is 3.48. The van der Waals surface area contributed by atoms with E-state index in [2.05, 4.69) is 5.32 Å². The summed E-state index contributed by atoms with van der Waals surface area (Å²) in [5, 5.41) is 2.41. The van der Waals surface area contributed by atoms with Gasteiger partial charge in [0.05, 0.1) is 0 Å². The van der Waals surface area contributed by atoms with E-state index in [-0.39, 0.29) is 11.1 Å². The number of hydrogen-bond acceptors (Lipinski definition) is 5. The van der Waals surface area contributed by atoms with Gasteiger partial charge >= 0.3 is 0 Å². The zero-order valence-electron chi connectivity index (χ0n) is 5.33. The molecule has 0 aromatic carbocycles. The van der Waals surface area contributed by atoms with Crippen LogP contribution in [0.1, 0.15) is 0 Å². The fourth-order valence-electron chi connectivity index (χ4n) is 0.615. The van der Waals surface area contributed by atoms with Gasteiger partial charge in [-0.15, -0.1) is 0 Å². The third-order valence-electron chi connectivity index (χ3n) is 1.04. The van der Waals surface area contributed by atoms with Gasteiger partial charge in [-0.2, -0.15) is 0 Å². The van der Waals surface area contributed by atoms with E-state index in [0.717, 1.165) is 11.8 Å². The first-order chi connectivity index (χ1) is 4.61. The number of rotatable bonds is 1. The van der Waals surface area contributed by atoms with Crippen molar-refractivity contribution in [3.63, 3.8) is 0 Å². The summed E-state index contributed by atoms with van der Waals surface area (Å²) in [5.41, 5.74) is 0. The van der Waals surface area contributed by atoms with E-state index < -0.39 is 5.37 Å². The third kappa shape index (κ3) is 1.28. The number of nitrogens with two attached hydrogens (primary N) is 1. The molecule has 1 unspecified atom stereocenters. The number of hydrazine groups is 1. The summed E-state index contributed by atoms with van der Waals surface area (Å²) in [6.45, 7) is 0. The molecule has 0 radical (unpaired) electrons. The fourth-order valence-corrected chi connectivity index (χ4v) is 1.31. The SMILES string of the molecule is CN(N)C1SC(=O)NC1=O. The zero-order chi connectivity index (χ0) is 7.72. The molecular weight excluding hydrogens is 154 g/mol. The Morgan fingerprint density at radius 3 is 2.50 bits per heavy atom. The van der Waals surface area contributed by atoms with Crippen molar-refractivity contribution >= 4 is 22.9 Å². The van der Waals surface area contributed by atoms with Gasteiger partial charge in [-0.3, -0.25) is 20.7 Å². The predicted molar refractivity (Wildman–Crippen MR) is 36.9 cm³/mol. The summed E-state index contributed by atoms with van der Waals surface area (Å²) >= 11 is 0.883. The number of hydrogen-bond donors (Lipinski definition) is 2. The van der Waals surface area contributed by atoms with Crippen molar-refractivity contribution < 1.29 is 9.59 Å². The Hall–Kier alpha value is -0.590. The van der Waals surface area contributed by atoms with Crippen molar-refractivity contribution in [3.8, 4) is 0 Å². The van der Waals surface area contributed by atoms with Crippen LogP contribution >= 0.6 is 11.8 Å². The van der Waals surface area contributed by atoms with Gasteiger partial charge in [0.25, 0.3) is 11.1 Å². The summed E-state index contributed by atoms with van der Waals surface area (Å²) in [6.07, 6.45) is 0. The Morgan fingerprint density at radius 2 is 2.30 bits per heavy atom. The molecule has 1 saturated heterocycles. The molecule has 0 spiro atoms. The topological polar surface area (TPSA) is 75.4 Å². The molecule has 1 heterocycles. The van der Waals surface area contributed by atoms with E-state index in [1.807, 2.05) is 0 Å². The summed E-state index contributed by atoms with van der Waals surface area (Å²) in [7, 11) is 1.54. The van der Waals surface area contributed by atoms with Crippen LogP contribution in [0, 0.1) is 0 Å². The minimum absolute atomic E-state index is 0.340. The molecule has 2 amide bonds. The maximum Gasteiger partial charge on any atom is 0.287 e. The summed E-state index contributed by atoms with van der Waals surface area (Å²) in [4.78, 5) is 21.3. The smallest absolute Gasteiger partial charge is 0.285 e. The molecule has 1 fully saturated rings. The van der Waals surface area contributed by atoms with Gasteiger partial charge in [0, 0.05) is 7.05 Å². The largest absolute Gasteiger partial charge is 0.287 e. The van der Waals surface area contributed by atoms with Gasteiger partial charge < -0.3 is 0 Å². The van der Waals surface area contributed by atoms with Crippen LogP contribution in [0.4, 0.5) is 4.79 Å². The molecule has 1 aliphatic rings. The third-order valence-corrected chi connectivity index (χ3v) is 2.12. The Labute approximate surface area is 61.9 Å². The van der Waals surface area contributed by atoms with Gasteiger partial charge in [0.15, 0.2) is 5.37 Å². The minimum Gasteiger partial charge on any atom is -0.285 e. The van der Waals surface area contributed by atoms with Crippen LogP contribution in [0.15, 0.2) is 0 Å². The summed E-state index contributed by atoms with van der Waals surface area (Å²) in [5.74, 6) is 4.90. The monoisotopic (exact) mass is 161 g/mol. The molecule has 1 rings (SSSR count). The normalized spacial score (nSPS) is 25.7. The van der Waals surface area contributed by atoms with Crippen molar-refractivity contribution in [1.82, 2.24) is 10.3 Å². The molecule has 0 aromatic heterocycles. The fraction of sp³-hybridized carbons (Fsp3) is 0.500. The number of amides is 2. The van der Waals surface area contributed by atoms with E-state index >= 15 is 0 Å². The molecule has 10 heavy (non-hydrogen) atoms. The highest BCUT2D eigenvalue weighted by atomic mass is 32.2. The minimum atomic E-state index is -0.563. The molecule has 0 bridgehead atoms. The molecule has 6 heteroatoms. The van der Waals surface area contributed by atoms with E-state index in [4.69, 9.17) is 5.84 Å². The quantitative estimate of drug-likeness (QED) is 0.385. The van der Waals surface area contributed by atoms with Crippen LogP contribution in [-0.2, 0) is 4.79 Å². The molecule has 1 atom stereocenters. The summed E-state index contributed by atoms with van der Waals surface area (Å²) < 4.78 is 0. The highest BCUT2D eigenvalue weighted by Gasteiger charge is 2.33. The lowest BCUT2D eigenvalue weighted by atomic mass is 10.6. The summed E-state index contributed by atoms with van der Waals surface area (Å²) in [6, 6.07) is 0. The molecular formula is C4H7N3O2S. The standard InChI is InChI=1S/C4H7N3O2S/c1-7(5)3-2(8)6-4(9)10-3/h3H,5H2,1H3,(H,6,8,9). The molecule has 5 nitrogen and oxygen atoms in total. The van der Waals surface area contributed by atoms with Crippen LogP contribution in [0.3, 0.4) is 0 Å². The average Bonchev–Trinajstić information content (AvgIpc) is 2.10. The van der Waals surface area contributed by atoms with E-state index in [1.165, 1.54) is 12.1 Å². The maximum atomic E-state index is 10.8. The number of carbonyl (C=O) groups excluding carboxylic acids is 2. The second-order valence-electron chi connectivity index (χ2n) is 1.91. The average molecular weight is 161 g/mol. The molecule has 0 aromatic rings. The highest BCUT2D eigenvalue weighted by Crippen LogP contribution is 2.18. The number of nitrogens with zero attached hydrogens (tertiary/aromatic N) is 1. The molecule has 56 valence electrons. The van der Waals surface area contributed by atoms with Crippen molar-refractivity contribution in [2.75, 3.05) is 7.05 Å². The van der Waals surface area contributed by atoms with Gasteiger partial charge in [-0.25, -0.2) is 5.01 Å². The molecule has 1 aliphatic heterocycles. The van der Waals surface area contributed by atoms with Crippen LogP contribution in [0.5, 0.6) is 0 Å². The number of thioether (sulfide) groups is 1. The second-order valence-corrected chi connectivity index (χ2v) is 2.97. The first kappa shape index (κ1) is 7.52. The molecule has 3 N–H and O–H groups in total. The van der Waals surface area contributed by atoms with Gasteiger partial charge in [-0.05, 0) is 11.8 Å². The number of carbonyl (C=O) groups is 2. The Morgan fingerprint density at radius 1 is 1.70 bits per heavy atom. The molecule has 0 aliphatic carbocycles. The Balaban J connectivity index is 2.63. The van der Waals surface area contributed by atoms with E-state index in [0.29, 0.717) is 0 Å². The zero-order valence-corrected chi connectivity index (χ0v) is 6.14. The van der Waals surface area contributed by atoms with Crippen molar-refractivity contribution in [2.45, 2.75) is 5.37 Å². The van der Waals surface area contributed by atoms with E-state index in [1.54, 1.807) is 0 Å². The highest BCUT2D eigenvalue weighted by molar-refractivity contribution is 8.15. The lowest BCUT2D eigenvalue weighted by molar-refractivity contribution is -0.121. The Kier molecular flexibility index (Phi) is 1.93. The predicted octanol–water partition coefficient (Wildman–Crippen LogP) is -0.899. The molecule has 0 saturated carbocycles. The lowest BCUT2D eigenvalue weighted by Gasteiger charge is -2.12. The van der Waals surface area contributed by atoms with Gasteiger partial charge in [0.1, 0.15) is 0 Å². The van der Waals surface area contributed by atoms with Crippen LogP contribution < -0.4 is 11.2 Å². The van der Waals surface area contributed by atoms with E-state index in [9.17, 15) is 9.59 Å². The van der Waals surface area contributed by atoms with Crippen molar-refractivity contribution in [3.05, 3.63) is 0 Å².